The van der Waals surface area contributed by atoms with E-state index >= 15 is 0 Å². The highest BCUT2D eigenvalue weighted by Gasteiger charge is 2.30. The number of hydrogen-bond donors (Lipinski definition) is 2. The van der Waals surface area contributed by atoms with Crippen molar-refractivity contribution in [2.24, 2.45) is 5.92 Å². The molecule has 0 bridgehead atoms. The molecular formula is C15H19NO4. The number of rotatable bonds is 5. The summed E-state index contributed by atoms with van der Waals surface area (Å²) in [6, 6.07) is 7.35. The molecule has 2 rings (SSSR count). The summed E-state index contributed by atoms with van der Waals surface area (Å²) in [4.78, 5) is 22.8. The smallest absolute Gasteiger partial charge is 0.306 e. The topological polar surface area (TPSA) is 75.6 Å². The molecule has 2 N–H and O–H groups in total. The third-order valence-corrected chi connectivity index (χ3v) is 3.65. The normalized spacial score (nSPS) is 21.4. The molecule has 1 aliphatic rings. The van der Waals surface area contributed by atoms with Gasteiger partial charge in [-0.1, -0.05) is 12.1 Å². The van der Waals surface area contributed by atoms with E-state index in [1.165, 1.54) is 0 Å². The van der Waals surface area contributed by atoms with E-state index in [1.54, 1.807) is 7.11 Å². The van der Waals surface area contributed by atoms with Crippen molar-refractivity contribution in [1.29, 1.82) is 0 Å². The summed E-state index contributed by atoms with van der Waals surface area (Å²) >= 11 is 0. The van der Waals surface area contributed by atoms with Crippen LogP contribution < -0.4 is 10.1 Å². The van der Waals surface area contributed by atoms with E-state index < -0.39 is 5.97 Å². The number of carbonyl (C=O) groups is 2. The second kappa shape index (κ2) is 6.41. The van der Waals surface area contributed by atoms with Gasteiger partial charge in [0.2, 0.25) is 5.91 Å². The van der Waals surface area contributed by atoms with Crippen molar-refractivity contribution in [3.63, 3.8) is 0 Å². The maximum atomic E-state index is 11.9. The Kier molecular flexibility index (Phi) is 4.61. The summed E-state index contributed by atoms with van der Waals surface area (Å²) < 4.78 is 5.11. The van der Waals surface area contributed by atoms with Crippen molar-refractivity contribution in [1.82, 2.24) is 5.32 Å². The van der Waals surface area contributed by atoms with Gasteiger partial charge in [-0.15, -0.1) is 0 Å². The molecule has 1 saturated carbocycles. The SMILES string of the molecule is COc1cccc(CC(=O)N[C@H]2CC[C@@H](C(=O)O)C2)c1. The van der Waals surface area contributed by atoms with Crippen LogP contribution in [0.4, 0.5) is 0 Å². The molecule has 2 atom stereocenters. The largest absolute Gasteiger partial charge is 0.497 e. The minimum atomic E-state index is -0.769. The Hall–Kier alpha value is -2.04. The lowest BCUT2D eigenvalue weighted by Crippen LogP contribution is -2.34. The molecule has 0 spiro atoms. The quantitative estimate of drug-likeness (QED) is 0.857. The lowest BCUT2D eigenvalue weighted by atomic mass is 10.1. The molecule has 1 fully saturated rings. The van der Waals surface area contributed by atoms with Gasteiger partial charge in [0.15, 0.2) is 0 Å². The Morgan fingerprint density at radius 2 is 2.20 bits per heavy atom. The third kappa shape index (κ3) is 3.73. The molecule has 0 saturated heterocycles. The van der Waals surface area contributed by atoms with Gasteiger partial charge in [-0.3, -0.25) is 9.59 Å². The van der Waals surface area contributed by atoms with Gasteiger partial charge < -0.3 is 15.2 Å². The van der Waals surface area contributed by atoms with Gasteiger partial charge in [-0.05, 0) is 37.0 Å². The predicted octanol–water partition coefficient (Wildman–Crippen LogP) is 1.61. The van der Waals surface area contributed by atoms with Crippen LogP contribution in [-0.4, -0.2) is 30.1 Å². The van der Waals surface area contributed by atoms with E-state index in [9.17, 15) is 9.59 Å². The highest BCUT2D eigenvalue weighted by atomic mass is 16.5. The molecule has 0 aliphatic heterocycles. The molecule has 1 aromatic rings. The van der Waals surface area contributed by atoms with Gasteiger partial charge in [-0.25, -0.2) is 0 Å². The summed E-state index contributed by atoms with van der Waals surface area (Å²) in [6.45, 7) is 0. The zero-order valence-electron chi connectivity index (χ0n) is 11.5. The number of nitrogens with one attached hydrogen (secondary N) is 1. The van der Waals surface area contributed by atoms with Crippen LogP contribution in [0, 0.1) is 5.92 Å². The van der Waals surface area contributed by atoms with Gasteiger partial charge in [0, 0.05) is 6.04 Å². The number of carboxylic acid groups (broad SMARTS) is 1. The lowest BCUT2D eigenvalue weighted by molar-refractivity contribution is -0.141. The summed E-state index contributed by atoms with van der Waals surface area (Å²) in [7, 11) is 1.59. The van der Waals surface area contributed by atoms with Crippen molar-refractivity contribution in [3.05, 3.63) is 29.8 Å². The molecule has 20 heavy (non-hydrogen) atoms. The van der Waals surface area contributed by atoms with E-state index in [2.05, 4.69) is 5.32 Å². The maximum absolute atomic E-state index is 11.9. The van der Waals surface area contributed by atoms with Crippen molar-refractivity contribution >= 4 is 11.9 Å². The molecule has 0 unspecified atom stereocenters. The fourth-order valence-corrected chi connectivity index (χ4v) is 2.58. The minimum absolute atomic E-state index is 0.0193. The molecule has 5 heteroatoms. The minimum Gasteiger partial charge on any atom is -0.497 e. The second-order valence-corrected chi connectivity index (χ2v) is 5.14. The zero-order chi connectivity index (χ0) is 14.5. The van der Waals surface area contributed by atoms with Crippen molar-refractivity contribution < 1.29 is 19.4 Å². The average Bonchev–Trinajstić information content (AvgIpc) is 2.87. The third-order valence-electron chi connectivity index (χ3n) is 3.65. The first-order valence-electron chi connectivity index (χ1n) is 6.73. The Bertz CT molecular complexity index is 500. The molecule has 1 aliphatic carbocycles. The van der Waals surface area contributed by atoms with Crippen molar-refractivity contribution in [2.45, 2.75) is 31.7 Å². The highest BCUT2D eigenvalue weighted by molar-refractivity contribution is 5.79. The first-order chi connectivity index (χ1) is 9.58. The molecule has 108 valence electrons. The summed E-state index contributed by atoms with van der Waals surface area (Å²) in [6.07, 6.45) is 2.19. The predicted molar refractivity (Wildman–Crippen MR) is 73.6 cm³/mol. The fraction of sp³-hybridized carbons (Fsp3) is 0.467. The number of carbonyl (C=O) groups excluding carboxylic acids is 1. The van der Waals surface area contributed by atoms with Crippen LogP contribution in [0.5, 0.6) is 5.75 Å². The molecule has 1 amide bonds. The monoisotopic (exact) mass is 277 g/mol. The summed E-state index contributed by atoms with van der Waals surface area (Å²) in [5.74, 6) is -0.442. The molecule has 0 aromatic heterocycles. The number of aliphatic carboxylic acids is 1. The van der Waals surface area contributed by atoms with Crippen LogP contribution in [0.3, 0.4) is 0 Å². The van der Waals surface area contributed by atoms with E-state index in [0.717, 1.165) is 17.7 Å². The van der Waals surface area contributed by atoms with Crippen LogP contribution in [0.25, 0.3) is 0 Å². The standard InChI is InChI=1S/C15H19NO4/c1-20-13-4-2-3-10(7-13)8-14(17)16-12-6-5-11(9-12)15(18)19/h2-4,7,11-12H,5-6,8-9H2,1H3,(H,16,17)(H,18,19)/t11-,12+/m1/s1. The Labute approximate surface area is 117 Å². The lowest BCUT2D eigenvalue weighted by Gasteiger charge is -2.12. The second-order valence-electron chi connectivity index (χ2n) is 5.14. The van der Waals surface area contributed by atoms with Crippen molar-refractivity contribution in [3.8, 4) is 5.75 Å². The molecule has 1 aromatic carbocycles. The van der Waals surface area contributed by atoms with E-state index in [-0.39, 0.29) is 24.3 Å². The number of methoxy groups -OCH3 is 1. The van der Waals surface area contributed by atoms with Gasteiger partial charge in [0.25, 0.3) is 0 Å². The number of ether oxygens (including phenoxy) is 1. The molecule has 5 nitrogen and oxygen atoms in total. The van der Waals surface area contributed by atoms with Crippen molar-refractivity contribution in [2.75, 3.05) is 7.11 Å². The molecular weight excluding hydrogens is 258 g/mol. The Balaban J connectivity index is 1.85. The van der Waals surface area contributed by atoms with Crippen LogP contribution >= 0.6 is 0 Å². The zero-order valence-corrected chi connectivity index (χ0v) is 11.5. The maximum Gasteiger partial charge on any atom is 0.306 e. The Morgan fingerprint density at radius 1 is 1.40 bits per heavy atom. The van der Waals surface area contributed by atoms with Crippen LogP contribution in [0.2, 0.25) is 0 Å². The first kappa shape index (κ1) is 14.4. The van der Waals surface area contributed by atoms with Crippen LogP contribution in [0.15, 0.2) is 24.3 Å². The van der Waals surface area contributed by atoms with E-state index in [4.69, 9.17) is 9.84 Å². The summed E-state index contributed by atoms with van der Waals surface area (Å²) in [5, 5.41) is 11.8. The number of amides is 1. The first-order valence-corrected chi connectivity index (χ1v) is 6.73. The molecule has 0 heterocycles. The van der Waals surface area contributed by atoms with Gasteiger partial charge >= 0.3 is 5.97 Å². The van der Waals surface area contributed by atoms with Gasteiger partial charge in [0.05, 0.1) is 19.4 Å². The van der Waals surface area contributed by atoms with Crippen LogP contribution in [-0.2, 0) is 16.0 Å². The fourth-order valence-electron chi connectivity index (χ4n) is 2.58. The number of hydrogen-bond acceptors (Lipinski definition) is 3. The van der Waals surface area contributed by atoms with Gasteiger partial charge in [0.1, 0.15) is 5.75 Å². The van der Waals surface area contributed by atoms with E-state index in [0.29, 0.717) is 12.8 Å². The Morgan fingerprint density at radius 3 is 2.85 bits per heavy atom. The highest BCUT2D eigenvalue weighted by Crippen LogP contribution is 2.25. The number of carboxylic acids is 1. The molecule has 0 radical (unpaired) electrons. The van der Waals surface area contributed by atoms with E-state index in [1.807, 2.05) is 24.3 Å². The van der Waals surface area contributed by atoms with Gasteiger partial charge in [-0.2, -0.15) is 0 Å². The summed E-state index contributed by atoms with van der Waals surface area (Å²) in [5.41, 5.74) is 0.884. The number of benzene rings is 1. The van der Waals surface area contributed by atoms with Crippen LogP contribution in [0.1, 0.15) is 24.8 Å². The average molecular weight is 277 g/mol.